The van der Waals surface area contributed by atoms with Crippen LogP contribution in [0.5, 0.6) is 0 Å². The molecule has 0 bridgehead atoms. The average molecular weight is 527 g/mol. The van der Waals surface area contributed by atoms with Crippen molar-refractivity contribution in [2.75, 3.05) is 43.9 Å². The average Bonchev–Trinajstić information content (AvgIpc) is 2.67. The van der Waals surface area contributed by atoms with Crippen molar-refractivity contribution in [1.29, 1.82) is 0 Å². The molecule has 1 aliphatic rings. The van der Waals surface area contributed by atoms with Crippen LogP contribution < -0.4 is 10.6 Å². The zero-order valence-electron chi connectivity index (χ0n) is 16.3. The molecule has 1 aliphatic heterocycles. The number of aryl methyl sites for hydroxylation is 1. The van der Waals surface area contributed by atoms with E-state index in [9.17, 15) is 8.42 Å². The molecule has 0 aliphatic carbocycles. The molecule has 1 saturated heterocycles. The molecule has 0 radical (unpaired) electrons. The van der Waals surface area contributed by atoms with Gasteiger partial charge in [0.2, 0.25) is 10.0 Å². The molecule has 1 unspecified atom stereocenters. The number of thioether (sulfide) groups is 1. The summed E-state index contributed by atoms with van der Waals surface area (Å²) in [5.41, 5.74) is 2.48. The van der Waals surface area contributed by atoms with Gasteiger partial charge in [-0.2, -0.15) is 11.8 Å². The van der Waals surface area contributed by atoms with E-state index in [1.165, 1.54) is 11.1 Å². The molecule has 1 heterocycles. The minimum absolute atomic E-state index is 0. The number of nitrogens with zero attached hydrogens (tertiary/aromatic N) is 2. The molecule has 1 aromatic carbocycles. The first-order valence-electron chi connectivity index (χ1n) is 9.08. The first kappa shape index (κ1) is 24.5. The molecule has 6 nitrogen and oxygen atoms in total. The van der Waals surface area contributed by atoms with E-state index in [0.29, 0.717) is 25.6 Å². The molecule has 0 saturated carbocycles. The number of guanidine groups is 1. The maximum absolute atomic E-state index is 12.4. The summed E-state index contributed by atoms with van der Waals surface area (Å²) in [6.45, 7) is 5.78. The molecule has 1 aromatic rings. The van der Waals surface area contributed by atoms with E-state index >= 15 is 0 Å². The van der Waals surface area contributed by atoms with Crippen LogP contribution in [0, 0.1) is 0 Å². The second-order valence-corrected chi connectivity index (χ2v) is 9.60. The lowest BCUT2D eigenvalue weighted by Crippen LogP contribution is -2.44. The zero-order chi connectivity index (χ0) is 19.0. The van der Waals surface area contributed by atoms with Crippen LogP contribution in [0.3, 0.4) is 0 Å². The molecule has 0 aromatic heterocycles. The molecule has 0 spiro atoms. The van der Waals surface area contributed by atoms with Crippen molar-refractivity contribution in [3.05, 3.63) is 35.4 Å². The van der Waals surface area contributed by atoms with Crippen molar-refractivity contribution in [3.8, 4) is 0 Å². The Labute approximate surface area is 185 Å². The van der Waals surface area contributed by atoms with Crippen LogP contribution in [-0.4, -0.2) is 62.6 Å². The summed E-state index contributed by atoms with van der Waals surface area (Å²) in [4.78, 5) is 4.20. The van der Waals surface area contributed by atoms with Crippen LogP contribution in [0.15, 0.2) is 29.3 Å². The lowest BCUT2D eigenvalue weighted by atomic mass is 10.1. The van der Waals surface area contributed by atoms with Gasteiger partial charge in [0.05, 0.1) is 11.8 Å². The van der Waals surface area contributed by atoms with Crippen LogP contribution in [0.2, 0.25) is 0 Å². The quantitative estimate of drug-likeness (QED) is 0.325. The molecule has 1 atom stereocenters. The highest BCUT2D eigenvalue weighted by Gasteiger charge is 2.23. The van der Waals surface area contributed by atoms with Crippen molar-refractivity contribution in [1.82, 2.24) is 14.9 Å². The standard InChI is InChI=1S/C18H30N4O2S2.HI/c1-4-16-5-7-17(8-6-16)15(2)21-18(19-3)20-9-14-26(23,24)22-10-12-25-13-11-22;/h5-8,15H,4,9-14H2,1-3H3,(H2,19,20,21);1H. The highest BCUT2D eigenvalue weighted by atomic mass is 127. The normalized spacial score (nSPS) is 17.1. The Kier molecular flexibility index (Phi) is 11.0. The second kappa shape index (κ2) is 12.1. The van der Waals surface area contributed by atoms with Crippen molar-refractivity contribution in [2.45, 2.75) is 26.3 Å². The van der Waals surface area contributed by atoms with E-state index in [4.69, 9.17) is 0 Å². The number of benzene rings is 1. The predicted molar refractivity (Wildman–Crippen MR) is 127 cm³/mol. The molecular weight excluding hydrogens is 495 g/mol. The van der Waals surface area contributed by atoms with Crippen molar-refractivity contribution >= 4 is 51.7 Å². The van der Waals surface area contributed by atoms with Gasteiger partial charge in [-0.05, 0) is 24.5 Å². The third kappa shape index (κ3) is 7.78. The number of sulfonamides is 1. The summed E-state index contributed by atoms with van der Waals surface area (Å²) >= 11 is 1.80. The summed E-state index contributed by atoms with van der Waals surface area (Å²) in [5, 5.41) is 6.43. The fourth-order valence-electron chi connectivity index (χ4n) is 2.78. The molecule has 27 heavy (non-hydrogen) atoms. The first-order valence-corrected chi connectivity index (χ1v) is 11.8. The third-order valence-electron chi connectivity index (χ3n) is 4.48. The van der Waals surface area contributed by atoms with Crippen molar-refractivity contribution < 1.29 is 8.42 Å². The number of rotatable bonds is 7. The van der Waals surface area contributed by atoms with Gasteiger partial charge >= 0.3 is 0 Å². The molecule has 9 heteroatoms. The maximum Gasteiger partial charge on any atom is 0.215 e. The molecule has 2 rings (SSSR count). The largest absolute Gasteiger partial charge is 0.355 e. The summed E-state index contributed by atoms with van der Waals surface area (Å²) in [5.74, 6) is 2.45. The summed E-state index contributed by atoms with van der Waals surface area (Å²) in [6.07, 6.45) is 1.02. The summed E-state index contributed by atoms with van der Waals surface area (Å²) in [7, 11) is -1.51. The van der Waals surface area contributed by atoms with Crippen LogP contribution >= 0.6 is 35.7 Å². The number of nitrogens with one attached hydrogen (secondary N) is 2. The van der Waals surface area contributed by atoms with Crippen LogP contribution in [0.25, 0.3) is 0 Å². The van der Waals surface area contributed by atoms with Gasteiger partial charge in [-0.15, -0.1) is 24.0 Å². The lowest BCUT2D eigenvalue weighted by molar-refractivity contribution is 0.443. The smallest absolute Gasteiger partial charge is 0.215 e. The Hall–Kier alpha value is -0.520. The highest BCUT2D eigenvalue weighted by molar-refractivity contribution is 14.0. The van der Waals surface area contributed by atoms with Crippen molar-refractivity contribution in [3.63, 3.8) is 0 Å². The molecule has 0 amide bonds. The fourth-order valence-corrected chi connectivity index (χ4v) is 5.27. The Balaban J connectivity index is 0.00000364. The Morgan fingerprint density at radius 1 is 1.26 bits per heavy atom. The highest BCUT2D eigenvalue weighted by Crippen LogP contribution is 2.14. The van der Waals surface area contributed by atoms with Gasteiger partial charge in [0.15, 0.2) is 5.96 Å². The van der Waals surface area contributed by atoms with Gasteiger partial charge < -0.3 is 10.6 Å². The van der Waals surface area contributed by atoms with Crippen LogP contribution in [-0.2, 0) is 16.4 Å². The minimum atomic E-state index is -3.20. The topological polar surface area (TPSA) is 73.8 Å². The predicted octanol–water partition coefficient (Wildman–Crippen LogP) is 2.47. The minimum Gasteiger partial charge on any atom is -0.355 e. The van der Waals surface area contributed by atoms with Gasteiger partial charge in [-0.1, -0.05) is 31.2 Å². The number of hydrogen-bond acceptors (Lipinski definition) is 4. The van der Waals surface area contributed by atoms with E-state index in [-0.39, 0.29) is 35.8 Å². The monoisotopic (exact) mass is 526 g/mol. The zero-order valence-corrected chi connectivity index (χ0v) is 20.2. The number of hydrogen-bond donors (Lipinski definition) is 2. The summed E-state index contributed by atoms with van der Waals surface area (Å²) in [6, 6.07) is 8.58. The van der Waals surface area contributed by atoms with E-state index in [0.717, 1.165) is 17.9 Å². The van der Waals surface area contributed by atoms with Crippen LogP contribution in [0.4, 0.5) is 0 Å². The van der Waals surface area contributed by atoms with E-state index in [2.05, 4.69) is 53.7 Å². The van der Waals surface area contributed by atoms with Crippen LogP contribution in [0.1, 0.15) is 31.0 Å². The number of halogens is 1. The molecule has 2 N–H and O–H groups in total. The van der Waals surface area contributed by atoms with Crippen molar-refractivity contribution in [2.24, 2.45) is 4.99 Å². The molecular formula is C18H31IN4O2S2. The SMILES string of the molecule is CCc1ccc(C(C)NC(=NC)NCCS(=O)(=O)N2CCSCC2)cc1.I. The Bertz CT molecular complexity index is 690. The van der Waals surface area contributed by atoms with Gasteiger partial charge in [-0.25, -0.2) is 12.7 Å². The van der Waals surface area contributed by atoms with E-state index < -0.39 is 10.0 Å². The number of aliphatic imine (C=N–C) groups is 1. The lowest BCUT2D eigenvalue weighted by Gasteiger charge is -2.26. The van der Waals surface area contributed by atoms with Gasteiger partial charge in [0, 0.05) is 38.2 Å². The van der Waals surface area contributed by atoms with E-state index in [1.807, 2.05) is 0 Å². The van der Waals surface area contributed by atoms with E-state index in [1.54, 1.807) is 23.1 Å². The maximum atomic E-state index is 12.4. The van der Waals surface area contributed by atoms with Gasteiger partial charge in [0.1, 0.15) is 0 Å². The third-order valence-corrected chi connectivity index (χ3v) is 7.30. The summed E-state index contributed by atoms with van der Waals surface area (Å²) < 4.78 is 26.3. The first-order chi connectivity index (χ1) is 12.5. The van der Waals surface area contributed by atoms with Gasteiger partial charge in [0.25, 0.3) is 0 Å². The van der Waals surface area contributed by atoms with Gasteiger partial charge in [-0.3, -0.25) is 4.99 Å². The fraction of sp³-hybridized carbons (Fsp3) is 0.611. The second-order valence-electron chi connectivity index (χ2n) is 6.29. The molecule has 1 fully saturated rings. The Morgan fingerprint density at radius 3 is 2.44 bits per heavy atom. The Morgan fingerprint density at radius 2 is 1.89 bits per heavy atom. The molecule has 154 valence electrons.